The smallest absolute Gasteiger partial charge is 0.231 e. The summed E-state index contributed by atoms with van der Waals surface area (Å²) < 4.78 is 2.09. The molecule has 0 radical (unpaired) electrons. The summed E-state index contributed by atoms with van der Waals surface area (Å²) in [5, 5.41) is 3.06. The Balaban J connectivity index is 1.42. The van der Waals surface area contributed by atoms with Gasteiger partial charge in [-0.25, -0.2) is 9.97 Å². The van der Waals surface area contributed by atoms with Gasteiger partial charge in [0.2, 0.25) is 11.8 Å². The molecule has 2 aromatic heterocycles. The Labute approximate surface area is 187 Å². The van der Waals surface area contributed by atoms with Crippen LogP contribution in [-0.2, 0) is 16.1 Å². The van der Waals surface area contributed by atoms with Gasteiger partial charge in [0.25, 0.3) is 0 Å². The monoisotopic (exact) mass is 441 g/mol. The van der Waals surface area contributed by atoms with E-state index in [0.29, 0.717) is 44.6 Å². The minimum atomic E-state index is -0.569. The van der Waals surface area contributed by atoms with Gasteiger partial charge in [-0.05, 0) is 46.0 Å². The van der Waals surface area contributed by atoms with Crippen molar-refractivity contribution in [2.75, 3.05) is 19.6 Å². The second-order valence-corrected chi connectivity index (χ2v) is 10.9. The highest BCUT2D eigenvalue weighted by atomic mass is 32.1. The highest BCUT2D eigenvalue weighted by molar-refractivity contribution is 7.09. The Morgan fingerprint density at radius 3 is 2.81 bits per heavy atom. The van der Waals surface area contributed by atoms with Crippen LogP contribution in [0.5, 0.6) is 0 Å². The van der Waals surface area contributed by atoms with Gasteiger partial charge < -0.3 is 14.4 Å². The van der Waals surface area contributed by atoms with Crippen molar-refractivity contribution in [3.63, 3.8) is 0 Å². The van der Waals surface area contributed by atoms with Gasteiger partial charge in [0.05, 0.1) is 34.7 Å². The molecule has 2 atom stereocenters. The Hall–Kier alpha value is -2.22. The maximum absolute atomic E-state index is 13.8. The van der Waals surface area contributed by atoms with Gasteiger partial charge in [-0.1, -0.05) is 0 Å². The predicted octanol–water partition coefficient (Wildman–Crippen LogP) is 3.37. The minimum absolute atomic E-state index is 0.0506. The molecular weight excluding hydrogens is 410 g/mol. The molecule has 1 aliphatic carbocycles. The Morgan fingerprint density at radius 2 is 2.16 bits per heavy atom. The SMILES string of the molecule is Cc1nc(CN2CC[C@]3(CN(C(=O)CC4CC4)C[C@H]3c3cn(C(C)C)cn3)C2=O)cs1. The van der Waals surface area contributed by atoms with Crippen LogP contribution < -0.4 is 0 Å². The molecular formula is C23H31N5O2S. The Kier molecular flexibility index (Phi) is 5.15. The van der Waals surface area contributed by atoms with Gasteiger partial charge in [0, 0.05) is 49.6 Å². The molecule has 5 rings (SSSR count). The van der Waals surface area contributed by atoms with Crippen LogP contribution in [0.3, 0.4) is 0 Å². The zero-order valence-electron chi connectivity index (χ0n) is 18.6. The van der Waals surface area contributed by atoms with Crippen molar-refractivity contribution in [3.8, 4) is 0 Å². The molecule has 7 nitrogen and oxygen atoms in total. The van der Waals surface area contributed by atoms with Gasteiger partial charge >= 0.3 is 0 Å². The van der Waals surface area contributed by atoms with Gasteiger partial charge in [-0.3, -0.25) is 9.59 Å². The van der Waals surface area contributed by atoms with Gasteiger partial charge in [0.1, 0.15) is 0 Å². The molecule has 4 heterocycles. The van der Waals surface area contributed by atoms with E-state index < -0.39 is 5.41 Å². The zero-order chi connectivity index (χ0) is 21.8. The van der Waals surface area contributed by atoms with Crippen LogP contribution in [0.25, 0.3) is 0 Å². The normalized spacial score (nSPS) is 26.1. The number of nitrogens with zero attached hydrogens (tertiary/aromatic N) is 5. The number of carbonyl (C=O) groups is 2. The summed E-state index contributed by atoms with van der Waals surface area (Å²) in [6, 6.07) is 0.315. The maximum Gasteiger partial charge on any atom is 0.231 e. The van der Waals surface area contributed by atoms with Crippen molar-refractivity contribution < 1.29 is 9.59 Å². The molecule has 2 saturated heterocycles. The third-order valence-corrected chi connectivity index (χ3v) is 8.01. The molecule has 3 aliphatic rings. The molecule has 3 fully saturated rings. The largest absolute Gasteiger partial charge is 0.341 e. The number of rotatable bonds is 6. The van der Waals surface area contributed by atoms with Gasteiger partial charge in [-0.2, -0.15) is 0 Å². The molecule has 31 heavy (non-hydrogen) atoms. The first-order valence-corrected chi connectivity index (χ1v) is 12.3. The summed E-state index contributed by atoms with van der Waals surface area (Å²) >= 11 is 1.62. The number of carbonyl (C=O) groups excluding carboxylic acids is 2. The maximum atomic E-state index is 13.8. The minimum Gasteiger partial charge on any atom is -0.341 e. The third kappa shape index (κ3) is 3.79. The summed E-state index contributed by atoms with van der Waals surface area (Å²) in [7, 11) is 0. The van der Waals surface area contributed by atoms with Crippen LogP contribution in [0, 0.1) is 18.3 Å². The first kappa shape index (κ1) is 20.7. The summed E-state index contributed by atoms with van der Waals surface area (Å²) in [5.41, 5.74) is 1.32. The number of imidazole rings is 1. The standard InChI is InChI=1S/C23H31N5O2S/c1-15(2)28-11-20(24-14-28)19-10-27(21(29)8-17-4-5-17)13-23(19)6-7-26(22(23)30)9-18-12-31-16(3)25-18/h11-12,14-15,17,19H,4-10,13H2,1-3H3/t19-,23+/m0/s1. The molecule has 2 aromatic rings. The number of thiazole rings is 1. The van der Waals surface area contributed by atoms with E-state index in [1.807, 2.05) is 28.4 Å². The molecule has 8 heteroatoms. The topological polar surface area (TPSA) is 71.3 Å². The fourth-order valence-corrected chi connectivity index (χ4v) is 5.75. The average molecular weight is 442 g/mol. The van der Waals surface area contributed by atoms with E-state index in [9.17, 15) is 9.59 Å². The van der Waals surface area contributed by atoms with Crippen molar-refractivity contribution in [1.82, 2.24) is 24.3 Å². The fourth-order valence-electron chi connectivity index (χ4n) is 5.15. The Bertz CT molecular complexity index is 994. The molecule has 2 amide bonds. The van der Waals surface area contributed by atoms with Crippen molar-refractivity contribution >= 4 is 23.2 Å². The molecule has 2 aliphatic heterocycles. The number of hydrogen-bond acceptors (Lipinski definition) is 5. The van der Waals surface area contributed by atoms with E-state index in [2.05, 4.69) is 29.6 Å². The van der Waals surface area contributed by atoms with Crippen molar-refractivity contribution in [2.24, 2.45) is 11.3 Å². The fraction of sp³-hybridized carbons (Fsp3) is 0.652. The molecule has 0 aromatic carbocycles. The lowest BCUT2D eigenvalue weighted by atomic mass is 9.75. The van der Waals surface area contributed by atoms with Crippen LogP contribution in [-0.4, -0.2) is 55.8 Å². The van der Waals surface area contributed by atoms with E-state index in [1.165, 1.54) is 0 Å². The summed E-state index contributed by atoms with van der Waals surface area (Å²) in [6.07, 6.45) is 7.64. The van der Waals surface area contributed by atoms with Gasteiger partial charge in [0.15, 0.2) is 0 Å². The number of hydrogen-bond donors (Lipinski definition) is 0. The molecule has 1 spiro atoms. The third-order valence-electron chi connectivity index (χ3n) is 7.19. The van der Waals surface area contributed by atoms with Crippen LogP contribution in [0.2, 0.25) is 0 Å². The first-order chi connectivity index (χ1) is 14.9. The predicted molar refractivity (Wildman–Crippen MR) is 119 cm³/mol. The van der Waals surface area contributed by atoms with Crippen LogP contribution in [0.15, 0.2) is 17.9 Å². The molecule has 0 unspecified atom stereocenters. The number of likely N-dealkylation sites (tertiary alicyclic amines) is 2. The van der Waals surface area contributed by atoms with E-state index in [-0.39, 0.29) is 17.7 Å². The second kappa shape index (κ2) is 7.73. The van der Waals surface area contributed by atoms with E-state index in [4.69, 9.17) is 4.98 Å². The summed E-state index contributed by atoms with van der Waals surface area (Å²) in [5.74, 6) is 0.856. The summed E-state index contributed by atoms with van der Waals surface area (Å²) in [6.45, 7) is 8.61. The lowest BCUT2D eigenvalue weighted by molar-refractivity contribution is -0.137. The quantitative estimate of drug-likeness (QED) is 0.689. The Morgan fingerprint density at radius 1 is 1.35 bits per heavy atom. The van der Waals surface area contributed by atoms with Crippen molar-refractivity contribution in [3.05, 3.63) is 34.3 Å². The number of amides is 2. The summed E-state index contributed by atoms with van der Waals surface area (Å²) in [4.78, 5) is 39.9. The first-order valence-electron chi connectivity index (χ1n) is 11.4. The van der Waals surface area contributed by atoms with Gasteiger partial charge in [-0.15, -0.1) is 11.3 Å². The van der Waals surface area contributed by atoms with Crippen molar-refractivity contribution in [1.29, 1.82) is 0 Å². The van der Waals surface area contributed by atoms with Crippen LogP contribution in [0.4, 0.5) is 0 Å². The van der Waals surface area contributed by atoms with E-state index in [0.717, 1.165) is 35.7 Å². The van der Waals surface area contributed by atoms with E-state index >= 15 is 0 Å². The van der Waals surface area contributed by atoms with Crippen LogP contribution in [0.1, 0.15) is 67.9 Å². The number of aryl methyl sites for hydroxylation is 1. The molecule has 0 N–H and O–H groups in total. The van der Waals surface area contributed by atoms with Crippen LogP contribution >= 0.6 is 11.3 Å². The van der Waals surface area contributed by atoms with E-state index in [1.54, 1.807) is 11.3 Å². The highest BCUT2D eigenvalue weighted by Gasteiger charge is 2.58. The lowest BCUT2D eigenvalue weighted by Crippen LogP contribution is -2.40. The van der Waals surface area contributed by atoms with Crippen molar-refractivity contribution in [2.45, 2.75) is 65.0 Å². The zero-order valence-corrected chi connectivity index (χ0v) is 19.4. The number of aromatic nitrogens is 3. The molecule has 166 valence electrons. The highest BCUT2D eigenvalue weighted by Crippen LogP contribution is 2.50. The lowest BCUT2D eigenvalue weighted by Gasteiger charge is -2.27. The second-order valence-electron chi connectivity index (χ2n) is 9.80. The average Bonchev–Trinajstić information content (AvgIpc) is 3.11. The molecule has 0 bridgehead atoms. The molecule has 1 saturated carbocycles.